The summed E-state index contributed by atoms with van der Waals surface area (Å²) < 4.78 is 34.3. The summed E-state index contributed by atoms with van der Waals surface area (Å²) in [5.41, 5.74) is 1.76. The third kappa shape index (κ3) is 3.21. The number of carbonyl (C=O) groups excluding carboxylic acids is 1. The highest BCUT2D eigenvalue weighted by molar-refractivity contribution is 7.94. The van der Waals surface area contributed by atoms with Gasteiger partial charge < -0.3 is 14.8 Å². The molecular weight excluding hydrogens is 354 g/mol. The minimum atomic E-state index is -3.44. The van der Waals surface area contributed by atoms with Crippen LogP contribution in [0.15, 0.2) is 53.3 Å². The second-order valence-electron chi connectivity index (χ2n) is 5.60. The quantitative estimate of drug-likeness (QED) is 0.817. The van der Waals surface area contributed by atoms with Gasteiger partial charge in [0.05, 0.1) is 19.1 Å². The second-order valence-corrected chi connectivity index (χ2v) is 7.40. The van der Waals surface area contributed by atoms with Gasteiger partial charge in [-0.1, -0.05) is 18.7 Å². The van der Waals surface area contributed by atoms with Gasteiger partial charge in [0.1, 0.15) is 0 Å². The van der Waals surface area contributed by atoms with Crippen LogP contribution in [0.3, 0.4) is 0 Å². The van der Waals surface area contributed by atoms with Crippen LogP contribution in [0.4, 0.5) is 5.69 Å². The van der Waals surface area contributed by atoms with Crippen LogP contribution >= 0.6 is 0 Å². The lowest BCUT2D eigenvalue weighted by atomic mass is 10.1. The number of hydrogen-bond donors (Lipinski definition) is 1. The molecule has 0 saturated carbocycles. The Balaban J connectivity index is 1.82. The molecule has 3 rings (SSSR count). The number of anilines is 1. The van der Waals surface area contributed by atoms with Crippen molar-refractivity contribution in [2.24, 2.45) is 0 Å². The molecule has 2 aromatic carbocycles. The highest BCUT2D eigenvalue weighted by Gasteiger charge is 2.21. The van der Waals surface area contributed by atoms with E-state index in [-0.39, 0.29) is 10.5 Å². The monoisotopic (exact) mass is 371 g/mol. The lowest BCUT2D eigenvalue weighted by Gasteiger charge is -2.12. The van der Waals surface area contributed by atoms with Gasteiger partial charge in [-0.3, -0.25) is 4.79 Å². The summed E-state index contributed by atoms with van der Waals surface area (Å²) in [6.45, 7) is 3.81. The SMILES string of the molecule is C=C(C(=O)Nc1ccc2c(c1)S(=O)(=O)C=C2)c1ccc(OC)c(OC)c1. The van der Waals surface area contributed by atoms with E-state index in [4.69, 9.17) is 9.47 Å². The van der Waals surface area contributed by atoms with Gasteiger partial charge in [0.15, 0.2) is 11.5 Å². The molecule has 1 aliphatic rings. The molecule has 0 saturated heterocycles. The van der Waals surface area contributed by atoms with Gasteiger partial charge in [-0.2, -0.15) is 0 Å². The lowest BCUT2D eigenvalue weighted by molar-refractivity contribution is -0.111. The smallest absolute Gasteiger partial charge is 0.255 e. The van der Waals surface area contributed by atoms with Crippen LogP contribution in [0.2, 0.25) is 0 Å². The first kappa shape index (κ1) is 17.8. The Morgan fingerprint density at radius 3 is 2.46 bits per heavy atom. The van der Waals surface area contributed by atoms with E-state index in [2.05, 4.69) is 11.9 Å². The maximum Gasteiger partial charge on any atom is 0.255 e. The van der Waals surface area contributed by atoms with Crippen molar-refractivity contribution in [1.82, 2.24) is 0 Å². The van der Waals surface area contributed by atoms with Gasteiger partial charge in [0.2, 0.25) is 9.84 Å². The normalized spacial score (nSPS) is 13.8. The zero-order chi connectivity index (χ0) is 18.9. The Bertz CT molecular complexity index is 1040. The van der Waals surface area contributed by atoms with E-state index in [9.17, 15) is 13.2 Å². The molecule has 0 unspecified atom stereocenters. The molecule has 1 amide bonds. The Kier molecular flexibility index (Phi) is 4.56. The average molecular weight is 371 g/mol. The van der Waals surface area contributed by atoms with Crippen molar-refractivity contribution in [2.75, 3.05) is 19.5 Å². The van der Waals surface area contributed by atoms with Crippen LogP contribution in [0.1, 0.15) is 11.1 Å². The van der Waals surface area contributed by atoms with E-state index in [0.29, 0.717) is 28.3 Å². The van der Waals surface area contributed by atoms with Crippen LogP contribution in [0.25, 0.3) is 11.6 Å². The molecular formula is C19H17NO5S. The molecule has 2 aromatic rings. The maximum atomic E-state index is 12.5. The molecule has 0 atom stereocenters. The fraction of sp³-hybridized carbons (Fsp3) is 0.105. The predicted octanol–water partition coefficient (Wildman–Crippen LogP) is 3.11. The van der Waals surface area contributed by atoms with Gasteiger partial charge >= 0.3 is 0 Å². The summed E-state index contributed by atoms with van der Waals surface area (Å²) in [7, 11) is -0.411. The number of hydrogen-bond acceptors (Lipinski definition) is 5. The zero-order valence-electron chi connectivity index (χ0n) is 14.3. The van der Waals surface area contributed by atoms with E-state index in [0.717, 1.165) is 5.41 Å². The fourth-order valence-electron chi connectivity index (χ4n) is 2.59. The van der Waals surface area contributed by atoms with Gasteiger partial charge in [0.25, 0.3) is 5.91 Å². The van der Waals surface area contributed by atoms with E-state index in [1.807, 2.05) is 0 Å². The number of sulfone groups is 1. The molecule has 0 spiro atoms. The van der Waals surface area contributed by atoms with Crippen molar-refractivity contribution in [3.63, 3.8) is 0 Å². The number of carbonyl (C=O) groups is 1. The number of nitrogens with one attached hydrogen (secondary N) is 1. The molecule has 26 heavy (non-hydrogen) atoms. The van der Waals surface area contributed by atoms with Crippen LogP contribution in [0, 0.1) is 0 Å². The molecule has 7 heteroatoms. The number of rotatable bonds is 5. The summed E-state index contributed by atoms with van der Waals surface area (Å²) >= 11 is 0. The van der Waals surface area contributed by atoms with Crippen molar-refractivity contribution in [3.8, 4) is 11.5 Å². The number of amides is 1. The standard InChI is InChI=1S/C19H17NO5S/c1-12(14-5-7-16(24-2)17(10-14)25-3)19(21)20-15-6-4-13-8-9-26(22,23)18(13)11-15/h4-11H,1H2,2-3H3,(H,20,21). The first-order chi connectivity index (χ1) is 12.4. The largest absolute Gasteiger partial charge is 0.493 e. The summed E-state index contributed by atoms with van der Waals surface area (Å²) in [5.74, 6) is 0.579. The number of benzene rings is 2. The molecule has 0 aliphatic carbocycles. The van der Waals surface area contributed by atoms with Gasteiger partial charge in [-0.05, 0) is 41.5 Å². The predicted molar refractivity (Wildman–Crippen MR) is 99.9 cm³/mol. The van der Waals surface area contributed by atoms with Crippen LogP contribution in [0.5, 0.6) is 11.5 Å². The molecule has 0 aromatic heterocycles. The van der Waals surface area contributed by atoms with Crippen LogP contribution in [-0.2, 0) is 14.6 Å². The number of fused-ring (bicyclic) bond motifs is 1. The summed E-state index contributed by atoms with van der Waals surface area (Å²) in [6, 6.07) is 9.75. The highest BCUT2D eigenvalue weighted by Crippen LogP contribution is 2.31. The summed E-state index contributed by atoms with van der Waals surface area (Å²) in [6.07, 6.45) is 1.53. The van der Waals surface area contributed by atoms with Crippen molar-refractivity contribution < 1.29 is 22.7 Å². The van der Waals surface area contributed by atoms with E-state index < -0.39 is 15.7 Å². The van der Waals surface area contributed by atoms with Gasteiger partial charge in [0, 0.05) is 16.7 Å². The molecule has 6 nitrogen and oxygen atoms in total. The molecule has 0 bridgehead atoms. The molecule has 1 N–H and O–H groups in total. The molecule has 0 radical (unpaired) electrons. The zero-order valence-corrected chi connectivity index (χ0v) is 15.1. The third-order valence-corrected chi connectivity index (χ3v) is 5.47. The van der Waals surface area contributed by atoms with E-state index in [1.165, 1.54) is 26.4 Å². The molecule has 0 fully saturated rings. The van der Waals surface area contributed by atoms with E-state index >= 15 is 0 Å². The Morgan fingerprint density at radius 2 is 1.77 bits per heavy atom. The maximum absolute atomic E-state index is 12.5. The van der Waals surface area contributed by atoms with Crippen LogP contribution < -0.4 is 14.8 Å². The highest BCUT2D eigenvalue weighted by atomic mass is 32.2. The van der Waals surface area contributed by atoms with Crippen LogP contribution in [-0.4, -0.2) is 28.5 Å². The van der Waals surface area contributed by atoms with E-state index in [1.54, 1.807) is 30.3 Å². The van der Waals surface area contributed by atoms with Gasteiger partial charge in [-0.25, -0.2) is 8.42 Å². The summed E-state index contributed by atoms with van der Waals surface area (Å²) in [4.78, 5) is 12.7. The third-order valence-electron chi connectivity index (χ3n) is 4.01. The average Bonchev–Trinajstić information content (AvgIpc) is 2.95. The second kappa shape index (κ2) is 6.68. The minimum Gasteiger partial charge on any atom is -0.493 e. The summed E-state index contributed by atoms with van der Waals surface area (Å²) in [5, 5.41) is 3.82. The Morgan fingerprint density at radius 1 is 1.04 bits per heavy atom. The molecule has 134 valence electrons. The Labute approximate surface area is 151 Å². The van der Waals surface area contributed by atoms with Crippen molar-refractivity contribution in [1.29, 1.82) is 0 Å². The fourth-order valence-corrected chi connectivity index (χ4v) is 3.82. The number of methoxy groups -OCH3 is 2. The van der Waals surface area contributed by atoms with Crippen molar-refractivity contribution in [3.05, 3.63) is 59.5 Å². The minimum absolute atomic E-state index is 0.173. The molecule has 1 heterocycles. The Hall–Kier alpha value is -3.06. The van der Waals surface area contributed by atoms with Crippen molar-refractivity contribution in [2.45, 2.75) is 4.90 Å². The first-order valence-corrected chi connectivity index (χ1v) is 9.20. The lowest BCUT2D eigenvalue weighted by Crippen LogP contribution is -2.13. The van der Waals surface area contributed by atoms with Crippen molar-refractivity contribution >= 4 is 33.1 Å². The molecule has 1 aliphatic heterocycles. The first-order valence-electron chi connectivity index (χ1n) is 7.65. The topological polar surface area (TPSA) is 81.7 Å². The van der Waals surface area contributed by atoms with Gasteiger partial charge in [-0.15, -0.1) is 0 Å². The number of ether oxygens (including phenoxy) is 2.